The van der Waals surface area contributed by atoms with Crippen molar-refractivity contribution >= 4 is 0 Å². The topological polar surface area (TPSA) is 271 Å². The van der Waals surface area contributed by atoms with Gasteiger partial charge < -0.3 is 0 Å². The highest BCUT2D eigenvalue weighted by atomic mass is 15.1. The quantitative estimate of drug-likeness (QED) is 0.188. The van der Waals surface area contributed by atoms with Crippen LogP contribution in [0.4, 0.5) is 0 Å². The van der Waals surface area contributed by atoms with E-state index in [0.717, 1.165) is 45.6 Å². The third-order valence-corrected chi connectivity index (χ3v) is 6.06. The van der Waals surface area contributed by atoms with Crippen molar-refractivity contribution in [3.8, 4) is 0 Å². The van der Waals surface area contributed by atoms with Crippen LogP contribution in [0.3, 0.4) is 0 Å². The van der Waals surface area contributed by atoms with Crippen LogP contribution in [0.2, 0.25) is 0 Å². The molecule has 63 heavy (non-hydrogen) atoms. The number of hydrogen-bond acceptors (Lipinski definition) is 21. The van der Waals surface area contributed by atoms with Gasteiger partial charge in [0.25, 0.3) is 0 Å². The normalized spacial score (nSPS) is 8.71. The Morgan fingerprint density at radius 2 is 0.905 bits per heavy atom. The van der Waals surface area contributed by atoms with Gasteiger partial charge in [0, 0.05) is 73.9 Å². The molecule has 0 amide bonds. The highest BCUT2D eigenvalue weighted by molar-refractivity contribution is 5.00. The van der Waals surface area contributed by atoms with Crippen LogP contribution in [-0.2, 0) is 0 Å². The molecule has 324 valence electrons. The summed E-state index contributed by atoms with van der Waals surface area (Å²) in [4.78, 5) is 49.3. The molecule has 0 saturated heterocycles. The standard InChI is InChI=1S/6C5H6N2.3C4H5N3/c1-5-2-6-4-7-3-5;1-5-4-6-2-3-7-5;1-5-2-3-6-4-7-5;1-5-2-3-6-7-4-5;1-5-6-3-2-4-7-5;1-5-3-2-4-6-7-5;1-4-6-2-5-3-7-4;1-4-2-5-3-6-7-4;1-4-5-2-3-6-7-4/h6*2-4H,1H3;3*2-3H,1H3. The number of nitrogens with zero attached hydrogens (tertiary/aromatic N) is 21. The molecule has 0 aliphatic rings. The zero-order valence-corrected chi connectivity index (χ0v) is 36.7. The number of aromatic nitrogens is 21. The molecular weight excluding hydrogens is 799 g/mol. The monoisotopic (exact) mass is 849 g/mol. The molecule has 9 heterocycles. The van der Waals surface area contributed by atoms with Crippen molar-refractivity contribution in [2.75, 3.05) is 0 Å². The van der Waals surface area contributed by atoms with Crippen LogP contribution in [-0.4, -0.2) is 106 Å². The van der Waals surface area contributed by atoms with Crippen molar-refractivity contribution in [1.82, 2.24) is 106 Å². The van der Waals surface area contributed by atoms with E-state index < -0.39 is 0 Å². The molecule has 0 fully saturated rings. The van der Waals surface area contributed by atoms with Crippen LogP contribution >= 0.6 is 0 Å². The first kappa shape index (κ1) is 52.5. The summed E-state index contributed by atoms with van der Waals surface area (Å²) >= 11 is 0. The molecule has 0 aliphatic carbocycles. The average molecular weight is 850 g/mol. The lowest BCUT2D eigenvalue weighted by Gasteiger charge is -1.81. The summed E-state index contributed by atoms with van der Waals surface area (Å²) in [6.45, 7) is 17.0. The Morgan fingerprint density at radius 3 is 1.19 bits per heavy atom. The highest BCUT2D eigenvalue weighted by Crippen LogP contribution is 1.87. The second kappa shape index (κ2) is 36.6. The van der Waals surface area contributed by atoms with E-state index in [4.69, 9.17) is 0 Å². The third kappa shape index (κ3) is 35.2. The molecule has 0 spiro atoms. The van der Waals surface area contributed by atoms with E-state index in [2.05, 4.69) is 106 Å². The lowest BCUT2D eigenvalue weighted by molar-refractivity contribution is 0.907. The maximum atomic E-state index is 3.92. The van der Waals surface area contributed by atoms with Crippen LogP contribution in [0.25, 0.3) is 0 Å². The molecule has 9 aromatic heterocycles. The first-order chi connectivity index (χ1) is 30.5. The molecule has 21 nitrogen and oxygen atoms in total. The van der Waals surface area contributed by atoms with Gasteiger partial charge >= 0.3 is 0 Å². The molecular formula is C42H51N21. The summed E-state index contributed by atoms with van der Waals surface area (Å²) in [5.41, 5.74) is 6.03. The summed E-state index contributed by atoms with van der Waals surface area (Å²) in [5, 5.41) is 29.0. The minimum absolute atomic E-state index is 0.711. The molecule has 0 aliphatic heterocycles. The fraction of sp³-hybridized carbons (Fsp3) is 0.214. The van der Waals surface area contributed by atoms with Gasteiger partial charge in [0.1, 0.15) is 49.1 Å². The molecule has 0 aromatic carbocycles. The average Bonchev–Trinajstić information content (AvgIpc) is 3.31. The minimum Gasteiger partial charge on any atom is -0.261 e. The van der Waals surface area contributed by atoms with Crippen LogP contribution in [0.1, 0.15) is 51.4 Å². The molecule has 0 saturated carbocycles. The van der Waals surface area contributed by atoms with Gasteiger partial charge in [0.2, 0.25) is 0 Å². The smallest absolute Gasteiger partial charge is 0.147 e. The third-order valence-electron chi connectivity index (χ3n) is 6.06. The van der Waals surface area contributed by atoms with Crippen LogP contribution < -0.4 is 0 Å². The number of rotatable bonds is 0. The van der Waals surface area contributed by atoms with Crippen molar-refractivity contribution in [2.24, 2.45) is 0 Å². The Labute approximate surface area is 367 Å². The van der Waals surface area contributed by atoms with Crippen molar-refractivity contribution < 1.29 is 0 Å². The van der Waals surface area contributed by atoms with Crippen molar-refractivity contribution in [2.45, 2.75) is 62.3 Å². The summed E-state index contributed by atoms with van der Waals surface area (Å²) < 4.78 is 0. The van der Waals surface area contributed by atoms with Gasteiger partial charge in [0.15, 0.2) is 0 Å². The van der Waals surface area contributed by atoms with E-state index in [0.29, 0.717) is 5.82 Å². The molecule has 9 aromatic rings. The van der Waals surface area contributed by atoms with Crippen LogP contribution in [0.15, 0.2) is 149 Å². The van der Waals surface area contributed by atoms with E-state index in [1.807, 2.05) is 79.7 Å². The van der Waals surface area contributed by atoms with E-state index in [1.54, 1.807) is 99.7 Å². The molecule has 9 rings (SSSR count). The van der Waals surface area contributed by atoms with Gasteiger partial charge in [-0.1, -0.05) is 0 Å². The Bertz CT molecular complexity index is 1760. The van der Waals surface area contributed by atoms with Crippen molar-refractivity contribution in [1.29, 1.82) is 0 Å². The largest absolute Gasteiger partial charge is 0.261 e. The zero-order valence-electron chi connectivity index (χ0n) is 36.7. The lowest BCUT2D eigenvalue weighted by Crippen LogP contribution is -1.85. The molecule has 0 N–H and O–H groups in total. The molecule has 0 bridgehead atoms. The predicted molar refractivity (Wildman–Crippen MR) is 234 cm³/mol. The predicted octanol–water partition coefficient (Wildman–Crippen LogP) is 5.25. The summed E-state index contributed by atoms with van der Waals surface area (Å²) in [5.74, 6) is 2.29. The van der Waals surface area contributed by atoms with E-state index >= 15 is 0 Å². The van der Waals surface area contributed by atoms with Crippen molar-refractivity contribution in [3.63, 3.8) is 0 Å². The molecule has 21 heteroatoms. The van der Waals surface area contributed by atoms with E-state index in [1.165, 1.54) is 31.6 Å². The highest BCUT2D eigenvalue weighted by Gasteiger charge is 1.80. The Balaban J connectivity index is 0.000000354. The van der Waals surface area contributed by atoms with Gasteiger partial charge in [-0.05, 0) is 104 Å². The first-order valence-electron chi connectivity index (χ1n) is 18.7. The lowest BCUT2D eigenvalue weighted by atomic mass is 10.4. The molecule has 0 unspecified atom stereocenters. The Morgan fingerprint density at radius 1 is 0.270 bits per heavy atom. The minimum atomic E-state index is 0.711. The van der Waals surface area contributed by atoms with Gasteiger partial charge in [-0.15, -0.1) is 10.2 Å². The van der Waals surface area contributed by atoms with E-state index in [9.17, 15) is 0 Å². The van der Waals surface area contributed by atoms with E-state index in [-0.39, 0.29) is 0 Å². The summed E-state index contributed by atoms with van der Waals surface area (Å²) in [6, 6.07) is 9.34. The fourth-order valence-electron chi connectivity index (χ4n) is 3.14. The maximum absolute atomic E-state index is 3.92. The van der Waals surface area contributed by atoms with Crippen LogP contribution in [0.5, 0.6) is 0 Å². The van der Waals surface area contributed by atoms with Gasteiger partial charge in [0.05, 0.1) is 35.7 Å². The maximum Gasteiger partial charge on any atom is 0.147 e. The number of aryl methyl sites for hydroxylation is 9. The molecule has 0 atom stereocenters. The first-order valence-corrected chi connectivity index (χ1v) is 18.7. The van der Waals surface area contributed by atoms with Crippen LogP contribution in [0, 0.1) is 62.3 Å². The van der Waals surface area contributed by atoms with Gasteiger partial charge in [-0.3, -0.25) is 9.97 Å². The van der Waals surface area contributed by atoms with Gasteiger partial charge in [-0.25, -0.2) is 54.8 Å². The Hall–Kier alpha value is -8.49. The second-order valence-corrected chi connectivity index (χ2v) is 11.8. The Kier molecular flexibility index (Phi) is 30.5. The summed E-state index contributed by atoms with van der Waals surface area (Å²) in [7, 11) is 0. The van der Waals surface area contributed by atoms with Gasteiger partial charge in [-0.2, -0.15) is 30.6 Å². The zero-order chi connectivity index (χ0) is 46.0. The molecule has 0 radical (unpaired) electrons. The second-order valence-electron chi connectivity index (χ2n) is 11.8. The SMILES string of the molecule is Cc1cccnn1.Cc1ccncn1.Cc1ccnnc1.Cc1cnccn1.Cc1cncnc1.Cc1cncnn1.Cc1ncccn1.Cc1nccnn1.Cc1ncncn1. The summed E-state index contributed by atoms with van der Waals surface area (Å²) in [6.07, 6.45) is 31.1. The number of hydrogen-bond donors (Lipinski definition) is 0. The van der Waals surface area contributed by atoms with Crippen molar-refractivity contribution in [3.05, 3.63) is 200 Å². The fourth-order valence-corrected chi connectivity index (χ4v) is 3.14.